The standard InChI is InChI=1S/C14H10BrN3O3/c1-21-10-3-2-7(6-9(10)15)12-17-11-8(14(19)20)4-5-16-13(11)18-12/h2-6H,1H3,(H,19,20)(H,16,17,18). The van der Waals surface area contributed by atoms with Crippen molar-refractivity contribution in [2.45, 2.75) is 0 Å². The highest BCUT2D eigenvalue weighted by Gasteiger charge is 2.14. The maximum absolute atomic E-state index is 11.2. The molecule has 2 aromatic heterocycles. The number of benzene rings is 1. The number of H-pyrrole nitrogens is 1. The van der Waals surface area contributed by atoms with Crippen LogP contribution in [0.1, 0.15) is 10.4 Å². The molecule has 0 aliphatic carbocycles. The molecular weight excluding hydrogens is 338 g/mol. The average molecular weight is 348 g/mol. The van der Waals surface area contributed by atoms with Gasteiger partial charge in [-0.05, 0) is 40.2 Å². The number of ether oxygens (including phenoxy) is 1. The SMILES string of the molecule is COc1ccc(-c2nc3nccc(C(=O)O)c3[nH]2)cc1Br. The van der Waals surface area contributed by atoms with Gasteiger partial charge >= 0.3 is 5.97 Å². The van der Waals surface area contributed by atoms with Crippen molar-refractivity contribution in [1.29, 1.82) is 0 Å². The fourth-order valence-electron chi connectivity index (χ4n) is 2.04. The van der Waals surface area contributed by atoms with Crippen molar-refractivity contribution in [3.05, 3.63) is 40.5 Å². The van der Waals surface area contributed by atoms with Gasteiger partial charge in [0.25, 0.3) is 0 Å². The second-order valence-electron chi connectivity index (χ2n) is 4.30. The van der Waals surface area contributed by atoms with Crippen LogP contribution in [-0.4, -0.2) is 33.1 Å². The van der Waals surface area contributed by atoms with Crippen LogP contribution < -0.4 is 4.74 Å². The largest absolute Gasteiger partial charge is 0.496 e. The smallest absolute Gasteiger partial charge is 0.338 e. The van der Waals surface area contributed by atoms with Crippen LogP contribution >= 0.6 is 15.9 Å². The Hall–Kier alpha value is -2.41. The molecule has 0 bridgehead atoms. The minimum Gasteiger partial charge on any atom is -0.496 e. The minimum atomic E-state index is -1.02. The molecule has 21 heavy (non-hydrogen) atoms. The zero-order valence-corrected chi connectivity index (χ0v) is 12.5. The highest BCUT2D eigenvalue weighted by Crippen LogP contribution is 2.30. The summed E-state index contributed by atoms with van der Waals surface area (Å²) in [6.45, 7) is 0. The van der Waals surface area contributed by atoms with Gasteiger partial charge < -0.3 is 14.8 Å². The third kappa shape index (κ3) is 2.36. The molecule has 3 aromatic rings. The number of pyridine rings is 1. The lowest BCUT2D eigenvalue weighted by molar-refractivity contribution is 0.0698. The molecule has 2 N–H and O–H groups in total. The molecule has 2 heterocycles. The van der Waals surface area contributed by atoms with Crippen molar-refractivity contribution in [3.8, 4) is 17.1 Å². The van der Waals surface area contributed by atoms with E-state index in [0.717, 1.165) is 10.0 Å². The van der Waals surface area contributed by atoms with Gasteiger partial charge in [-0.2, -0.15) is 0 Å². The molecule has 0 fully saturated rings. The Labute approximate surface area is 127 Å². The van der Waals surface area contributed by atoms with Crippen molar-refractivity contribution >= 4 is 33.1 Å². The van der Waals surface area contributed by atoms with Crippen molar-refractivity contribution in [2.75, 3.05) is 7.11 Å². The molecule has 106 valence electrons. The predicted octanol–water partition coefficient (Wildman–Crippen LogP) is 3.09. The van der Waals surface area contributed by atoms with E-state index in [0.29, 0.717) is 22.7 Å². The predicted molar refractivity (Wildman–Crippen MR) is 80.5 cm³/mol. The summed E-state index contributed by atoms with van der Waals surface area (Å²) < 4.78 is 5.96. The van der Waals surface area contributed by atoms with E-state index >= 15 is 0 Å². The third-order valence-corrected chi connectivity index (χ3v) is 3.67. The molecule has 3 rings (SSSR count). The number of carboxylic acids is 1. The number of hydrogen-bond donors (Lipinski definition) is 2. The topological polar surface area (TPSA) is 88.1 Å². The van der Waals surface area contributed by atoms with Crippen LogP contribution in [-0.2, 0) is 0 Å². The number of aromatic amines is 1. The zero-order chi connectivity index (χ0) is 15.0. The molecule has 0 radical (unpaired) electrons. The van der Waals surface area contributed by atoms with Gasteiger partial charge in [0, 0.05) is 11.8 Å². The van der Waals surface area contributed by atoms with E-state index in [1.54, 1.807) is 13.2 Å². The van der Waals surface area contributed by atoms with Crippen LogP contribution in [0.15, 0.2) is 34.9 Å². The molecule has 0 saturated carbocycles. The number of methoxy groups -OCH3 is 1. The number of carboxylic acid groups (broad SMARTS) is 1. The quantitative estimate of drug-likeness (QED) is 0.759. The molecule has 0 aliphatic heterocycles. The Morgan fingerprint density at radius 1 is 1.38 bits per heavy atom. The Bertz CT molecular complexity index is 845. The normalized spacial score (nSPS) is 10.8. The maximum atomic E-state index is 11.2. The Balaban J connectivity index is 2.15. The van der Waals surface area contributed by atoms with E-state index in [4.69, 9.17) is 4.74 Å². The minimum absolute atomic E-state index is 0.145. The maximum Gasteiger partial charge on any atom is 0.338 e. The van der Waals surface area contributed by atoms with Gasteiger partial charge in [-0.3, -0.25) is 0 Å². The van der Waals surface area contributed by atoms with E-state index in [1.807, 2.05) is 12.1 Å². The van der Waals surface area contributed by atoms with E-state index in [9.17, 15) is 9.90 Å². The van der Waals surface area contributed by atoms with Gasteiger partial charge in [0.1, 0.15) is 11.6 Å². The number of imidazole rings is 1. The molecule has 0 saturated heterocycles. The second kappa shape index (κ2) is 5.17. The zero-order valence-electron chi connectivity index (χ0n) is 10.9. The molecule has 1 aromatic carbocycles. The lowest BCUT2D eigenvalue weighted by atomic mass is 10.2. The van der Waals surface area contributed by atoms with Gasteiger partial charge in [-0.1, -0.05) is 0 Å². The molecule has 0 spiro atoms. The molecule has 0 amide bonds. The lowest BCUT2D eigenvalue weighted by Gasteiger charge is -2.04. The first-order chi connectivity index (χ1) is 10.1. The molecule has 0 unspecified atom stereocenters. The summed E-state index contributed by atoms with van der Waals surface area (Å²) in [6.07, 6.45) is 1.43. The Kier molecular flexibility index (Phi) is 3.34. The summed E-state index contributed by atoms with van der Waals surface area (Å²) in [6, 6.07) is 6.92. The molecule has 0 atom stereocenters. The van der Waals surface area contributed by atoms with Crippen molar-refractivity contribution in [3.63, 3.8) is 0 Å². The first-order valence-corrected chi connectivity index (χ1v) is 6.81. The molecule has 6 nitrogen and oxygen atoms in total. The number of nitrogens with one attached hydrogen (secondary N) is 1. The number of carbonyl (C=O) groups is 1. The van der Waals surface area contributed by atoms with E-state index in [-0.39, 0.29) is 5.56 Å². The third-order valence-electron chi connectivity index (χ3n) is 3.05. The number of rotatable bonds is 3. The highest BCUT2D eigenvalue weighted by molar-refractivity contribution is 9.10. The van der Waals surface area contributed by atoms with E-state index in [2.05, 4.69) is 30.9 Å². The van der Waals surface area contributed by atoms with Crippen molar-refractivity contribution in [1.82, 2.24) is 15.0 Å². The van der Waals surface area contributed by atoms with Crippen LogP contribution in [0, 0.1) is 0 Å². The second-order valence-corrected chi connectivity index (χ2v) is 5.15. The van der Waals surface area contributed by atoms with Crippen molar-refractivity contribution in [2.24, 2.45) is 0 Å². The number of halogens is 1. The van der Waals surface area contributed by atoms with Gasteiger partial charge in [0.05, 0.1) is 22.7 Å². The summed E-state index contributed by atoms with van der Waals surface area (Å²) in [5.74, 6) is 0.238. The van der Waals surface area contributed by atoms with E-state index < -0.39 is 5.97 Å². The lowest BCUT2D eigenvalue weighted by Crippen LogP contribution is -1.97. The summed E-state index contributed by atoms with van der Waals surface area (Å²) in [7, 11) is 1.59. The van der Waals surface area contributed by atoms with Crippen LogP contribution in [0.25, 0.3) is 22.6 Å². The van der Waals surface area contributed by atoms with Gasteiger partial charge in [-0.15, -0.1) is 0 Å². The number of nitrogens with zero attached hydrogens (tertiary/aromatic N) is 2. The van der Waals surface area contributed by atoms with E-state index in [1.165, 1.54) is 12.3 Å². The number of aromatic nitrogens is 3. The molecule has 7 heteroatoms. The Morgan fingerprint density at radius 2 is 2.19 bits per heavy atom. The van der Waals surface area contributed by atoms with Crippen molar-refractivity contribution < 1.29 is 14.6 Å². The molecule has 0 aliphatic rings. The fourth-order valence-corrected chi connectivity index (χ4v) is 2.58. The Morgan fingerprint density at radius 3 is 2.86 bits per heavy atom. The first kappa shape index (κ1) is 13.6. The fraction of sp³-hybridized carbons (Fsp3) is 0.0714. The van der Waals surface area contributed by atoms with Crippen LogP contribution in [0.4, 0.5) is 0 Å². The summed E-state index contributed by atoms with van der Waals surface area (Å²) in [5, 5.41) is 9.18. The highest BCUT2D eigenvalue weighted by atomic mass is 79.9. The first-order valence-electron chi connectivity index (χ1n) is 6.02. The molecular formula is C14H10BrN3O3. The number of hydrogen-bond acceptors (Lipinski definition) is 4. The monoisotopic (exact) mass is 347 g/mol. The van der Waals surface area contributed by atoms with Gasteiger partial charge in [0.15, 0.2) is 5.65 Å². The van der Waals surface area contributed by atoms with Crippen LogP contribution in [0.2, 0.25) is 0 Å². The summed E-state index contributed by atoms with van der Waals surface area (Å²) in [4.78, 5) is 22.6. The van der Waals surface area contributed by atoms with Gasteiger partial charge in [-0.25, -0.2) is 14.8 Å². The average Bonchev–Trinajstić information content (AvgIpc) is 2.90. The van der Waals surface area contributed by atoms with Gasteiger partial charge in [0.2, 0.25) is 0 Å². The summed E-state index contributed by atoms with van der Waals surface area (Å²) in [5.41, 5.74) is 1.73. The number of fused-ring (bicyclic) bond motifs is 1. The van der Waals surface area contributed by atoms with Crippen LogP contribution in [0.3, 0.4) is 0 Å². The van der Waals surface area contributed by atoms with Crippen LogP contribution in [0.5, 0.6) is 5.75 Å². The number of aromatic carboxylic acids is 1. The summed E-state index contributed by atoms with van der Waals surface area (Å²) >= 11 is 3.41.